The van der Waals surface area contributed by atoms with E-state index in [1.165, 1.54) is 6.07 Å². The molecular weight excluding hydrogens is 331 g/mol. The van der Waals surface area contributed by atoms with Gasteiger partial charge in [-0.3, -0.25) is 4.79 Å². The first-order valence-electron chi connectivity index (χ1n) is 8.19. The number of para-hydroxylation sites is 2. The van der Waals surface area contributed by atoms with Gasteiger partial charge in [-0.05, 0) is 48.0 Å². The number of hydrogen-bond acceptors (Lipinski definition) is 3. The number of benzene rings is 3. The van der Waals surface area contributed by atoms with Crippen LogP contribution < -0.4 is 15.4 Å². The average molecular weight is 350 g/mol. The lowest BCUT2D eigenvalue weighted by atomic mass is 10.1. The van der Waals surface area contributed by atoms with Crippen LogP contribution in [0.2, 0.25) is 0 Å². The van der Waals surface area contributed by atoms with Gasteiger partial charge in [-0.15, -0.1) is 0 Å². The Kier molecular flexibility index (Phi) is 5.49. The highest BCUT2D eigenvalue weighted by atomic mass is 19.1. The summed E-state index contributed by atoms with van der Waals surface area (Å²) in [7, 11) is 1.62. The summed E-state index contributed by atoms with van der Waals surface area (Å²) in [6, 6.07) is 21.2. The van der Waals surface area contributed by atoms with Crippen LogP contribution in [0.4, 0.5) is 21.5 Å². The third-order valence-corrected chi connectivity index (χ3v) is 3.86. The van der Waals surface area contributed by atoms with Gasteiger partial charge in [0.1, 0.15) is 11.6 Å². The van der Waals surface area contributed by atoms with E-state index in [0.29, 0.717) is 11.3 Å². The summed E-state index contributed by atoms with van der Waals surface area (Å²) in [6.45, 7) is 0. The van der Waals surface area contributed by atoms with E-state index < -0.39 is 0 Å². The van der Waals surface area contributed by atoms with E-state index in [1.807, 2.05) is 36.4 Å². The van der Waals surface area contributed by atoms with Gasteiger partial charge in [0.05, 0.1) is 19.2 Å². The molecule has 1 amide bonds. The molecule has 5 heteroatoms. The number of carbonyl (C=O) groups excluding carboxylic acids is 1. The van der Waals surface area contributed by atoms with E-state index in [2.05, 4.69) is 10.6 Å². The Labute approximate surface area is 151 Å². The molecule has 0 radical (unpaired) electrons. The fourth-order valence-corrected chi connectivity index (χ4v) is 2.56. The second kappa shape index (κ2) is 8.16. The largest absolute Gasteiger partial charge is 0.495 e. The quantitative estimate of drug-likeness (QED) is 0.674. The molecule has 0 bridgehead atoms. The van der Waals surface area contributed by atoms with Crippen LogP contribution in [0.3, 0.4) is 0 Å². The van der Waals surface area contributed by atoms with Gasteiger partial charge in [0.2, 0.25) is 5.91 Å². The summed E-state index contributed by atoms with van der Waals surface area (Å²) >= 11 is 0. The van der Waals surface area contributed by atoms with E-state index in [1.54, 1.807) is 37.4 Å². The Hall–Kier alpha value is -3.34. The van der Waals surface area contributed by atoms with Crippen molar-refractivity contribution in [2.24, 2.45) is 0 Å². The van der Waals surface area contributed by atoms with Crippen molar-refractivity contribution in [3.8, 4) is 5.75 Å². The standard InChI is InChI=1S/C21H19FN2O2/c1-26-20-9-5-4-8-19(20)23-16-10-12-17(13-11-16)24-21(25)14-15-6-2-3-7-18(15)22/h2-13,23H,14H2,1H3,(H,24,25). The molecule has 3 aromatic rings. The predicted molar refractivity (Wildman–Crippen MR) is 101 cm³/mol. The van der Waals surface area contributed by atoms with E-state index in [0.717, 1.165) is 17.1 Å². The van der Waals surface area contributed by atoms with Crippen molar-refractivity contribution in [3.05, 3.63) is 84.2 Å². The Balaban J connectivity index is 1.62. The third kappa shape index (κ3) is 4.39. The highest BCUT2D eigenvalue weighted by molar-refractivity contribution is 5.92. The van der Waals surface area contributed by atoms with Crippen molar-refractivity contribution < 1.29 is 13.9 Å². The van der Waals surface area contributed by atoms with Crippen molar-refractivity contribution >= 4 is 23.0 Å². The summed E-state index contributed by atoms with van der Waals surface area (Å²) < 4.78 is 18.9. The number of hydrogen-bond donors (Lipinski definition) is 2. The van der Waals surface area contributed by atoms with Gasteiger partial charge in [0, 0.05) is 11.4 Å². The summed E-state index contributed by atoms with van der Waals surface area (Å²) in [5.74, 6) is 0.106. The first kappa shape index (κ1) is 17.5. The molecule has 0 heterocycles. The first-order valence-corrected chi connectivity index (χ1v) is 8.19. The van der Waals surface area contributed by atoms with E-state index in [9.17, 15) is 9.18 Å². The van der Waals surface area contributed by atoms with Gasteiger partial charge in [-0.2, -0.15) is 0 Å². The number of amides is 1. The fourth-order valence-electron chi connectivity index (χ4n) is 2.56. The minimum atomic E-state index is -0.376. The maximum absolute atomic E-state index is 13.6. The maximum Gasteiger partial charge on any atom is 0.228 e. The highest BCUT2D eigenvalue weighted by Gasteiger charge is 2.08. The molecule has 0 aliphatic carbocycles. The molecular formula is C21H19FN2O2. The van der Waals surface area contributed by atoms with Gasteiger partial charge in [0.15, 0.2) is 0 Å². The zero-order valence-electron chi connectivity index (χ0n) is 14.3. The number of halogens is 1. The second-order valence-corrected chi connectivity index (χ2v) is 5.72. The van der Waals surface area contributed by atoms with Gasteiger partial charge in [-0.1, -0.05) is 30.3 Å². The third-order valence-electron chi connectivity index (χ3n) is 3.86. The van der Waals surface area contributed by atoms with Crippen LogP contribution in [0.5, 0.6) is 5.75 Å². The normalized spacial score (nSPS) is 10.2. The van der Waals surface area contributed by atoms with Gasteiger partial charge in [0.25, 0.3) is 0 Å². The zero-order chi connectivity index (χ0) is 18.4. The summed E-state index contributed by atoms with van der Waals surface area (Å²) in [5, 5.41) is 6.04. The van der Waals surface area contributed by atoms with Crippen LogP contribution in [0.15, 0.2) is 72.8 Å². The molecule has 0 aliphatic rings. The molecule has 0 unspecified atom stereocenters. The molecule has 0 aromatic heterocycles. The summed E-state index contributed by atoms with van der Waals surface area (Å²) in [4.78, 5) is 12.1. The Morgan fingerprint density at radius 2 is 1.58 bits per heavy atom. The van der Waals surface area contributed by atoms with Crippen molar-refractivity contribution in [1.29, 1.82) is 0 Å². The number of carbonyl (C=O) groups is 1. The second-order valence-electron chi connectivity index (χ2n) is 5.72. The molecule has 0 aliphatic heterocycles. The molecule has 0 fully saturated rings. The molecule has 3 aromatic carbocycles. The smallest absolute Gasteiger partial charge is 0.228 e. The lowest BCUT2D eigenvalue weighted by molar-refractivity contribution is -0.115. The van der Waals surface area contributed by atoms with E-state index in [4.69, 9.17) is 4.74 Å². The maximum atomic E-state index is 13.6. The van der Waals surface area contributed by atoms with Crippen molar-refractivity contribution in [3.63, 3.8) is 0 Å². The van der Waals surface area contributed by atoms with Crippen LogP contribution in [-0.4, -0.2) is 13.0 Å². The van der Waals surface area contributed by atoms with Gasteiger partial charge >= 0.3 is 0 Å². The van der Waals surface area contributed by atoms with Crippen LogP contribution in [0.1, 0.15) is 5.56 Å². The minimum absolute atomic E-state index is 0.00606. The SMILES string of the molecule is COc1ccccc1Nc1ccc(NC(=O)Cc2ccccc2F)cc1. The van der Waals surface area contributed by atoms with Crippen molar-refractivity contribution in [2.45, 2.75) is 6.42 Å². The lowest BCUT2D eigenvalue weighted by Crippen LogP contribution is -2.15. The van der Waals surface area contributed by atoms with E-state index >= 15 is 0 Å². The highest BCUT2D eigenvalue weighted by Crippen LogP contribution is 2.27. The molecule has 0 spiro atoms. The first-order chi connectivity index (χ1) is 12.7. The summed E-state index contributed by atoms with van der Waals surface area (Å²) in [6.07, 6.45) is -0.00606. The fraction of sp³-hybridized carbons (Fsp3) is 0.0952. The lowest BCUT2D eigenvalue weighted by Gasteiger charge is -2.12. The number of nitrogens with one attached hydrogen (secondary N) is 2. The number of rotatable bonds is 6. The number of ether oxygens (including phenoxy) is 1. The average Bonchev–Trinajstić information content (AvgIpc) is 2.66. The molecule has 26 heavy (non-hydrogen) atoms. The molecule has 4 nitrogen and oxygen atoms in total. The van der Waals surface area contributed by atoms with Crippen LogP contribution in [-0.2, 0) is 11.2 Å². The molecule has 0 atom stereocenters. The Morgan fingerprint density at radius 1 is 0.923 bits per heavy atom. The number of methoxy groups -OCH3 is 1. The molecule has 132 valence electrons. The van der Waals surface area contributed by atoms with Gasteiger partial charge < -0.3 is 15.4 Å². The predicted octanol–water partition coefficient (Wildman–Crippen LogP) is 4.76. The minimum Gasteiger partial charge on any atom is -0.495 e. The van der Waals surface area contributed by atoms with Crippen LogP contribution >= 0.6 is 0 Å². The topological polar surface area (TPSA) is 50.4 Å². The van der Waals surface area contributed by atoms with Crippen LogP contribution in [0.25, 0.3) is 0 Å². The molecule has 3 rings (SSSR count). The zero-order valence-corrected chi connectivity index (χ0v) is 14.3. The summed E-state index contributed by atoms with van der Waals surface area (Å²) in [5.41, 5.74) is 2.74. The van der Waals surface area contributed by atoms with Crippen LogP contribution in [0, 0.1) is 5.82 Å². The van der Waals surface area contributed by atoms with Gasteiger partial charge in [-0.25, -0.2) is 4.39 Å². The molecule has 0 saturated heterocycles. The van der Waals surface area contributed by atoms with Crippen molar-refractivity contribution in [2.75, 3.05) is 17.7 Å². The van der Waals surface area contributed by atoms with Crippen molar-refractivity contribution in [1.82, 2.24) is 0 Å². The Morgan fingerprint density at radius 3 is 2.31 bits per heavy atom. The number of anilines is 3. The Bertz CT molecular complexity index is 895. The van der Waals surface area contributed by atoms with E-state index in [-0.39, 0.29) is 18.1 Å². The molecule has 0 saturated carbocycles. The monoisotopic (exact) mass is 350 g/mol. The molecule has 2 N–H and O–H groups in total.